The normalized spacial score (nSPS) is 15.4. The molecule has 162 valence electrons. The molecule has 0 atom stereocenters. The average Bonchev–Trinajstić information content (AvgIpc) is 3.10. The van der Waals surface area contributed by atoms with E-state index < -0.39 is 23.8 Å². The first-order chi connectivity index (χ1) is 15.3. The monoisotopic (exact) mass is 495 g/mol. The molecule has 1 N–H and O–H groups in total. The van der Waals surface area contributed by atoms with Crippen molar-refractivity contribution in [1.82, 2.24) is 9.88 Å². The third kappa shape index (κ3) is 3.82. The van der Waals surface area contributed by atoms with E-state index in [2.05, 4.69) is 21.2 Å². The number of hydrogen-bond donors (Lipinski definition) is 1. The first-order valence-electron chi connectivity index (χ1n) is 9.62. The third-order valence-corrected chi connectivity index (χ3v) is 6.04. The van der Waals surface area contributed by atoms with Gasteiger partial charge >= 0.3 is 12.0 Å². The quantitative estimate of drug-likeness (QED) is 0.339. The number of halogens is 1. The second kappa shape index (κ2) is 8.43. The number of carbonyl (C=O) groups is 4. The minimum atomic E-state index is -0.813. The third-order valence-electron chi connectivity index (χ3n) is 5.15. The number of para-hydroxylation sites is 1. The van der Waals surface area contributed by atoms with E-state index in [9.17, 15) is 19.2 Å². The number of aryl methyl sites for hydroxylation is 1. The summed E-state index contributed by atoms with van der Waals surface area (Å²) >= 11 is 3.39. The Morgan fingerprint density at radius 3 is 2.62 bits per heavy atom. The van der Waals surface area contributed by atoms with Gasteiger partial charge in [0.2, 0.25) is 0 Å². The van der Waals surface area contributed by atoms with E-state index in [-0.39, 0.29) is 12.1 Å². The van der Waals surface area contributed by atoms with Crippen LogP contribution in [0.25, 0.3) is 17.0 Å². The number of aromatic nitrogens is 1. The van der Waals surface area contributed by atoms with Crippen LogP contribution in [-0.2, 0) is 25.7 Å². The van der Waals surface area contributed by atoms with E-state index in [1.54, 1.807) is 29.0 Å². The van der Waals surface area contributed by atoms with Crippen molar-refractivity contribution < 1.29 is 23.9 Å². The lowest BCUT2D eigenvalue weighted by Crippen LogP contribution is -2.54. The molecule has 0 unspecified atom stereocenters. The Labute approximate surface area is 191 Å². The van der Waals surface area contributed by atoms with Gasteiger partial charge in [-0.3, -0.25) is 19.7 Å². The number of ether oxygens (including phenoxy) is 1. The molecule has 32 heavy (non-hydrogen) atoms. The van der Waals surface area contributed by atoms with Crippen LogP contribution in [0.1, 0.15) is 11.1 Å². The van der Waals surface area contributed by atoms with E-state index in [4.69, 9.17) is 4.74 Å². The fourth-order valence-corrected chi connectivity index (χ4v) is 3.79. The Balaban J connectivity index is 1.79. The van der Waals surface area contributed by atoms with Gasteiger partial charge in [-0.05, 0) is 42.8 Å². The van der Waals surface area contributed by atoms with Crippen molar-refractivity contribution in [1.29, 1.82) is 0 Å². The van der Waals surface area contributed by atoms with Crippen molar-refractivity contribution in [2.75, 3.05) is 12.0 Å². The summed E-state index contributed by atoms with van der Waals surface area (Å²) in [5, 5.41) is 2.97. The zero-order chi connectivity index (χ0) is 23.0. The van der Waals surface area contributed by atoms with Gasteiger partial charge in [0.15, 0.2) is 0 Å². The second-order valence-electron chi connectivity index (χ2n) is 7.20. The number of nitrogens with zero attached hydrogens (tertiary/aromatic N) is 2. The van der Waals surface area contributed by atoms with Crippen LogP contribution >= 0.6 is 15.9 Å². The zero-order valence-electron chi connectivity index (χ0n) is 17.2. The summed E-state index contributed by atoms with van der Waals surface area (Å²) in [5.74, 6) is -1.95. The number of fused-ring (bicyclic) bond motifs is 1. The fraction of sp³-hybridized carbons (Fsp3) is 0.130. The van der Waals surface area contributed by atoms with Gasteiger partial charge in [-0.1, -0.05) is 34.1 Å². The van der Waals surface area contributed by atoms with Crippen LogP contribution in [0.15, 0.2) is 58.7 Å². The predicted molar refractivity (Wildman–Crippen MR) is 122 cm³/mol. The van der Waals surface area contributed by atoms with Gasteiger partial charge in [-0.25, -0.2) is 9.69 Å². The summed E-state index contributed by atoms with van der Waals surface area (Å²) in [4.78, 5) is 50.9. The average molecular weight is 496 g/mol. The van der Waals surface area contributed by atoms with Gasteiger partial charge in [0.25, 0.3) is 11.8 Å². The SMILES string of the molecule is COC(=O)Cn1cc(/C=C2/C(=O)NC(=O)N(c3ccc(Br)c(C)c3)C2=O)c2ccccc21. The molecule has 0 bridgehead atoms. The highest BCUT2D eigenvalue weighted by Crippen LogP contribution is 2.28. The summed E-state index contributed by atoms with van der Waals surface area (Å²) in [7, 11) is 1.30. The van der Waals surface area contributed by atoms with Crippen molar-refractivity contribution in [2.45, 2.75) is 13.5 Å². The van der Waals surface area contributed by atoms with Gasteiger partial charge in [0.05, 0.1) is 12.8 Å². The lowest BCUT2D eigenvalue weighted by Gasteiger charge is -2.26. The number of nitrogens with one attached hydrogen (secondary N) is 1. The van der Waals surface area contributed by atoms with Gasteiger partial charge in [-0.15, -0.1) is 0 Å². The maximum atomic E-state index is 13.2. The largest absolute Gasteiger partial charge is 0.468 e. The second-order valence-corrected chi connectivity index (χ2v) is 8.05. The Morgan fingerprint density at radius 1 is 1.16 bits per heavy atom. The van der Waals surface area contributed by atoms with Crippen LogP contribution in [0.5, 0.6) is 0 Å². The zero-order valence-corrected chi connectivity index (χ0v) is 18.8. The molecule has 1 aromatic heterocycles. The summed E-state index contributed by atoms with van der Waals surface area (Å²) in [6, 6.07) is 11.5. The molecule has 1 aliphatic rings. The van der Waals surface area contributed by atoms with Crippen LogP contribution in [0.3, 0.4) is 0 Å². The number of urea groups is 1. The predicted octanol–water partition coefficient (Wildman–Crippen LogP) is 3.55. The minimum Gasteiger partial charge on any atom is -0.468 e. The summed E-state index contributed by atoms with van der Waals surface area (Å²) in [5.41, 5.74) is 2.29. The Morgan fingerprint density at radius 2 is 1.91 bits per heavy atom. The highest BCUT2D eigenvalue weighted by Gasteiger charge is 2.37. The molecule has 0 saturated carbocycles. The molecular weight excluding hydrogens is 478 g/mol. The van der Waals surface area contributed by atoms with Crippen molar-refractivity contribution in [3.63, 3.8) is 0 Å². The number of rotatable bonds is 4. The number of barbiturate groups is 1. The van der Waals surface area contributed by atoms with Crippen LogP contribution in [0.4, 0.5) is 10.5 Å². The number of benzene rings is 2. The fourth-order valence-electron chi connectivity index (χ4n) is 3.54. The van der Waals surface area contributed by atoms with E-state index in [0.717, 1.165) is 25.8 Å². The number of anilines is 1. The highest BCUT2D eigenvalue weighted by atomic mass is 79.9. The molecule has 2 aromatic carbocycles. The molecular formula is C23H18BrN3O5. The molecule has 8 nitrogen and oxygen atoms in total. The van der Waals surface area contributed by atoms with E-state index in [1.165, 1.54) is 13.2 Å². The maximum Gasteiger partial charge on any atom is 0.335 e. The van der Waals surface area contributed by atoms with Crippen LogP contribution in [0, 0.1) is 6.92 Å². The molecule has 1 fully saturated rings. The number of carbonyl (C=O) groups excluding carboxylic acids is 4. The van der Waals surface area contributed by atoms with Gasteiger partial charge in [-0.2, -0.15) is 0 Å². The lowest BCUT2D eigenvalue weighted by atomic mass is 10.1. The molecule has 3 aromatic rings. The number of esters is 1. The number of hydrogen-bond acceptors (Lipinski definition) is 5. The number of methoxy groups -OCH3 is 1. The molecule has 1 saturated heterocycles. The van der Waals surface area contributed by atoms with Crippen molar-refractivity contribution in [3.8, 4) is 0 Å². The van der Waals surface area contributed by atoms with Crippen LogP contribution in [0.2, 0.25) is 0 Å². The topological polar surface area (TPSA) is 97.7 Å². The first-order valence-corrected chi connectivity index (χ1v) is 10.4. The van der Waals surface area contributed by atoms with Gasteiger partial charge in [0.1, 0.15) is 12.1 Å². The summed E-state index contributed by atoms with van der Waals surface area (Å²) < 4.78 is 7.26. The van der Waals surface area contributed by atoms with Crippen molar-refractivity contribution >= 4 is 62.4 Å². The number of amides is 4. The van der Waals surface area contributed by atoms with Crippen molar-refractivity contribution in [2.24, 2.45) is 0 Å². The maximum absolute atomic E-state index is 13.2. The standard InChI is InChI=1S/C23H18BrN3O5/c1-13-9-15(7-8-18(13)24)27-22(30)17(21(29)25-23(27)31)10-14-11-26(12-20(28)32-2)19-6-4-3-5-16(14)19/h3-11H,12H2,1-2H3,(H,25,29,31)/b17-10-. The van der Waals surface area contributed by atoms with Gasteiger partial charge < -0.3 is 9.30 Å². The van der Waals surface area contributed by atoms with E-state index in [1.807, 2.05) is 31.2 Å². The Kier molecular flexibility index (Phi) is 5.67. The smallest absolute Gasteiger partial charge is 0.335 e. The van der Waals surface area contributed by atoms with Crippen molar-refractivity contribution in [3.05, 3.63) is 69.8 Å². The molecule has 4 amide bonds. The van der Waals surface area contributed by atoms with Crippen LogP contribution in [-0.4, -0.2) is 35.5 Å². The molecule has 1 aliphatic heterocycles. The first kappa shape index (κ1) is 21.5. The highest BCUT2D eigenvalue weighted by molar-refractivity contribution is 9.10. The molecule has 2 heterocycles. The van der Waals surface area contributed by atoms with E-state index >= 15 is 0 Å². The molecule has 9 heteroatoms. The van der Waals surface area contributed by atoms with Gasteiger partial charge in [0, 0.05) is 27.1 Å². The van der Waals surface area contributed by atoms with Crippen LogP contribution < -0.4 is 10.2 Å². The van der Waals surface area contributed by atoms with E-state index in [0.29, 0.717) is 11.3 Å². The lowest BCUT2D eigenvalue weighted by molar-refractivity contribution is -0.141. The molecule has 0 aliphatic carbocycles. The Bertz CT molecular complexity index is 1320. The summed E-state index contributed by atoms with van der Waals surface area (Å²) in [6.45, 7) is 1.81. The number of imide groups is 2. The summed E-state index contributed by atoms with van der Waals surface area (Å²) in [6.07, 6.45) is 3.10. The Hall–Kier alpha value is -3.72. The molecule has 0 radical (unpaired) electrons. The molecule has 4 rings (SSSR count). The molecule has 0 spiro atoms. The minimum absolute atomic E-state index is 0.0247.